The van der Waals surface area contributed by atoms with Crippen molar-refractivity contribution in [2.75, 3.05) is 6.61 Å². The van der Waals surface area contributed by atoms with E-state index < -0.39 is 5.41 Å². The van der Waals surface area contributed by atoms with E-state index in [1.807, 2.05) is 20.8 Å². The second-order valence-corrected chi connectivity index (χ2v) is 6.53. The SMILES string of the molecule is CC(NC(=O)c1ccc(C#Cc2cccc(F)c2)cn1)C(C)(C)CO. The van der Waals surface area contributed by atoms with Gasteiger partial charge in [-0.3, -0.25) is 4.79 Å². The third kappa shape index (κ3) is 5.13. The molecule has 1 aromatic heterocycles. The summed E-state index contributed by atoms with van der Waals surface area (Å²) in [5, 5.41) is 12.2. The van der Waals surface area contributed by atoms with Crippen LogP contribution < -0.4 is 5.32 Å². The van der Waals surface area contributed by atoms with E-state index in [0.717, 1.165) is 0 Å². The Morgan fingerprint density at radius 1 is 1.28 bits per heavy atom. The number of aliphatic hydroxyl groups is 1. The van der Waals surface area contributed by atoms with Crippen molar-refractivity contribution >= 4 is 5.91 Å². The van der Waals surface area contributed by atoms with Crippen molar-refractivity contribution in [2.45, 2.75) is 26.8 Å². The van der Waals surface area contributed by atoms with Crippen LogP contribution in [0.2, 0.25) is 0 Å². The number of aliphatic hydroxyl groups excluding tert-OH is 1. The van der Waals surface area contributed by atoms with Crippen LogP contribution in [0, 0.1) is 23.1 Å². The molecule has 2 aromatic rings. The van der Waals surface area contributed by atoms with Crippen molar-refractivity contribution in [1.82, 2.24) is 10.3 Å². The van der Waals surface area contributed by atoms with Crippen LogP contribution in [0.3, 0.4) is 0 Å². The Kier molecular flexibility index (Phi) is 5.89. The number of carbonyl (C=O) groups excluding carboxylic acids is 1. The largest absolute Gasteiger partial charge is 0.396 e. The highest BCUT2D eigenvalue weighted by Gasteiger charge is 2.26. The molecule has 0 saturated heterocycles. The molecule has 5 heteroatoms. The number of hydrogen-bond acceptors (Lipinski definition) is 3. The van der Waals surface area contributed by atoms with Crippen LogP contribution in [-0.2, 0) is 0 Å². The average Bonchev–Trinajstić information content (AvgIpc) is 2.60. The molecule has 130 valence electrons. The fraction of sp³-hybridized carbons (Fsp3) is 0.300. The number of amides is 1. The van der Waals surface area contributed by atoms with E-state index >= 15 is 0 Å². The van der Waals surface area contributed by atoms with Gasteiger partial charge in [-0.15, -0.1) is 0 Å². The Morgan fingerprint density at radius 3 is 2.60 bits per heavy atom. The fourth-order valence-electron chi connectivity index (χ4n) is 1.92. The first-order valence-corrected chi connectivity index (χ1v) is 7.97. The van der Waals surface area contributed by atoms with E-state index in [2.05, 4.69) is 22.1 Å². The van der Waals surface area contributed by atoms with Gasteiger partial charge in [0.25, 0.3) is 5.91 Å². The summed E-state index contributed by atoms with van der Waals surface area (Å²) in [6.07, 6.45) is 1.50. The minimum Gasteiger partial charge on any atom is -0.396 e. The number of aromatic nitrogens is 1. The number of nitrogens with one attached hydrogen (secondary N) is 1. The molecule has 0 saturated carbocycles. The first kappa shape index (κ1) is 18.6. The Bertz CT molecular complexity index is 804. The van der Waals surface area contributed by atoms with Crippen LogP contribution in [-0.4, -0.2) is 28.6 Å². The molecule has 0 aliphatic carbocycles. The van der Waals surface area contributed by atoms with Gasteiger partial charge < -0.3 is 10.4 Å². The molecule has 1 aromatic carbocycles. The summed E-state index contributed by atoms with van der Waals surface area (Å²) in [5.74, 6) is 5.09. The maximum atomic E-state index is 13.1. The molecule has 0 spiro atoms. The molecule has 2 N–H and O–H groups in total. The lowest BCUT2D eigenvalue weighted by atomic mass is 9.86. The molecule has 0 aliphatic heterocycles. The normalized spacial score (nSPS) is 12.0. The summed E-state index contributed by atoms with van der Waals surface area (Å²) in [7, 11) is 0. The van der Waals surface area contributed by atoms with E-state index in [1.165, 1.54) is 18.3 Å². The smallest absolute Gasteiger partial charge is 0.270 e. The summed E-state index contributed by atoms with van der Waals surface area (Å²) in [6, 6.07) is 9.10. The molecule has 4 nitrogen and oxygen atoms in total. The minimum atomic E-state index is -0.425. The van der Waals surface area contributed by atoms with Gasteiger partial charge in [-0.05, 0) is 37.3 Å². The Balaban J connectivity index is 2.06. The molecule has 0 fully saturated rings. The van der Waals surface area contributed by atoms with Gasteiger partial charge in [0.05, 0.1) is 6.61 Å². The van der Waals surface area contributed by atoms with Crippen LogP contribution in [0.5, 0.6) is 0 Å². The topological polar surface area (TPSA) is 62.2 Å². The summed E-state index contributed by atoms with van der Waals surface area (Å²) in [5.41, 5.74) is 1.05. The lowest BCUT2D eigenvalue weighted by Crippen LogP contribution is -2.44. The monoisotopic (exact) mass is 340 g/mol. The number of halogens is 1. The molecule has 2 rings (SSSR count). The minimum absolute atomic E-state index is 0.0313. The highest BCUT2D eigenvalue weighted by molar-refractivity contribution is 5.92. The summed E-state index contributed by atoms with van der Waals surface area (Å²) in [6.45, 7) is 5.55. The lowest BCUT2D eigenvalue weighted by Gasteiger charge is -2.30. The van der Waals surface area contributed by atoms with Crippen molar-refractivity contribution < 1.29 is 14.3 Å². The Hall–Kier alpha value is -2.71. The van der Waals surface area contributed by atoms with Crippen molar-refractivity contribution in [2.24, 2.45) is 5.41 Å². The maximum absolute atomic E-state index is 13.1. The Labute approximate surface area is 147 Å². The Morgan fingerprint density at radius 2 is 2.00 bits per heavy atom. The number of pyridine rings is 1. The van der Waals surface area contributed by atoms with Crippen molar-refractivity contribution in [3.8, 4) is 11.8 Å². The standard InChI is InChI=1S/C20H21FN2O2/c1-14(20(2,3)13-24)23-19(25)18-10-9-16(12-22-18)8-7-15-5-4-6-17(21)11-15/h4-6,9-12,14,24H,13H2,1-3H3,(H,23,25). The second-order valence-electron chi connectivity index (χ2n) is 6.53. The van der Waals surface area contributed by atoms with Crippen LogP contribution >= 0.6 is 0 Å². The molecule has 25 heavy (non-hydrogen) atoms. The number of carbonyl (C=O) groups is 1. The number of rotatable bonds is 4. The predicted octanol–water partition coefficient (Wildman–Crippen LogP) is 2.76. The quantitative estimate of drug-likeness (QED) is 0.842. The molecule has 0 radical (unpaired) electrons. The third-order valence-electron chi connectivity index (χ3n) is 4.10. The summed E-state index contributed by atoms with van der Waals surface area (Å²) < 4.78 is 13.1. The van der Waals surface area contributed by atoms with Gasteiger partial charge in [0.1, 0.15) is 11.5 Å². The van der Waals surface area contributed by atoms with Crippen LogP contribution in [0.15, 0.2) is 42.6 Å². The summed E-state index contributed by atoms with van der Waals surface area (Å²) >= 11 is 0. The molecule has 0 aliphatic rings. The average molecular weight is 340 g/mol. The van der Waals surface area contributed by atoms with Gasteiger partial charge in [-0.25, -0.2) is 9.37 Å². The van der Waals surface area contributed by atoms with Crippen LogP contribution in [0.4, 0.5) is 4.39 Å². The number of nitrogens with zero attached hydrogens (tertiary/aromatic N) is 1. The zero-order valence-electron chi connectivity index (χ0n) is 14.5. The van der Waals surface area contributed by atoms with E-state index in [1.54, 1.807) is 24.3 Å². The lowest BCUT2D eigenvalue weighted by molar-refractivity contribution is 0.0829. The van der Waals surface area contributed by atoms with E-state index in [9.17, 15) is 14.3 Å². The van der Waals surface area contributed by atoms with Gasteiger partial charge in [0.15, 0.2) is 0 Å². The molecule has 1 atom stereocenters. The van der Waals surface area contributed by atoms with Crippen molar-refractivity contribution in [3.63, 3.8) is 0 Å². The van der Waals surface area contributed by atoms with Crippen molar-refractivity contribution in [3.05, 3.63) is 65.2 Å². The number of hydrogen-bond donors (Lipinski definition) is 2. The second kappa shape index (κ2) is 7.91. The van der Waals surface area contributed by atoms with E-state index in [-0.39, 0.29) is 30.1 Å². The van der Waals surface area contributed by atoms with E-state index in [0.29, 0.717) is 11.1 Å². The molecular weight excluding hydrogens is 319 g/mol. The third-order valence-corrected chi connectivity index (χ3v) is 4.10. The molecule has 1 heterocycles. The molecular formula is C20H21FN2O2. The maximum Gasteiger partial charge on any atom is 0.270 e. The van der Waals surface area contributed by atoms with Crippen molar-refractivity contribution in [1.29, 1.82) is 0 Å². The zero-order chi connectivity index (χ0) is 18.4. The van der Waals surface area contributed by atoms with Gasteiger partial charge >= 0.3 is 0 Å². The van der Waals surface area contributed by atoms with Gasteiger partial charge in [-0.2, -0.15) is 0 Å². The number of benzene rings is 1. The first-order chi connectivity index (χ1) is 11.8. The van der Waals surface area contributed by atoms with E-state index in [4.69, 9.17) is 0 Å². The molecule has 1 amide bonds. The van der Waals surface area contributed by atoms with Crippen LogP contribution in [0.25, 0.3) is 0 Å². The zero-order valence-corrected chi connectivity index (χ0v) is 14.5. The fourth-order valence-corrected chi connectivity index (χ4v) is 1.92. The van der Waals surface area contributed by atoms with Gasteiger partial charge in [-0.1, -0.05) is 31.8 Å². The van der Waals surface area contributed by atoms with Gasteiger partial charge in [0.2, 0.25) is 0 Å². The molecule has 0 bridgehead atoms. The van der Waals surface area contributed by atoms with Gasteiger partial charge in [0, 0.05) is 28.8 Å². The molecule has 1 unspecified atom stereocenters. The highest BCUT2D eigenvalue weighted by atomic mass is 19.1. The van der Waals surface area contributed by atoms with Crippen LogP contribution in [0.1, 0.15) is 42.4 Å². The highest BCUT2D eigenvalue weighted by Crippen LogP contribution is 2.19. The predicted molar refractivity (Wildman–Crippen MR) is 94.4 cm³/mol. The summed E-state index contributed by atoms with van der Waals surface area (Å²) in [4.78, 5) is 16.3. The first-order valence-electron chi connectivity index (χ1n) is 7.97.